The molecule has 0 aliphatic carbocycles. The summed E-state index contributed by atoms with van der Waals surface area (Å²) in [5.74, 6) is -0.383. The molecule has 1 aromatic heterocycles. The molecule has 2 aliphatic rings. The second kappa shape index (κ2) is 6.34. The van der Waals surface area contributed by atoms with E-state index in [9.17, 15) is 4.79 Å². The maximum Gasteiger partial charge on any atom is 0.227 e. The van der Waals surface area contributed by atoms with Crippen LogP contribution >= 0.6 is 23.1 Å². The minimum Gasteiger partial charge on any atom is -0.347 e. The van der Waals surface area contributed by atoms with Crippen LogP contribution in [0, 0.1) is 0 Å². The van der Waals surface area contributed by atoms with Gasteiger partial charge in [0.2, 0.25) is 5.91 Å². The normalized spacial score (nSPS) is 24.8. The highest BCUT2D eigenvalue weighted by molar-refractivity contribution is 8.01. The fraction of sp³-hybridized carbons (Fsp3) is 0.474. The number of nitrogens with zero attached hydrogens (tertiary/aromatic N) is 2. The number of carbonyl (C=O) groups is 1. The Hall–Kier alpha value is -1.41. The average Bonchev–Trinajstić information content (AvgIpc) is 3.16. The third-order valence-corrected chi connectivity index (χ3v) is 7.08. The largest absolute Gasteiger partial charge is 0.347 e. The SMILES string of the molecule is CN1C(=O)CCc2cc(Sc3ncc([C@@]4(C)COC(C)(C)O4)s3)ccc21. The van der Waals surface area contributed by atoms with Crippen LogP contribution in [0.1, 0.15) is 37.6 Å². The van der Waals surface area contributed by atoms with E-state index >= 15 is 0 Å². The van der Waals surface area contributed by atoms with Gasteiger partial charge in [0.15, 0.2) is 10.1 Å². The molecule has 3 heterocycles. The Morgan fingerprint density at radius 1 is 1.27 bits per heavy atom. The van der Waals surface area contributed by atoms with Crippen LogP contribution in [0.3, 0.4) is 0 Å². The number of aromatic nitrogens is 1. The lowest BCUT2D eigenvalue weighted by Crippen LogP contribution is -2.30. The number of aryl methyl sites for hydroxylation is 1. The standard InChI is InChI=1S/C19H22N2O3S2/c1-18(2)23-11-19(3,24-18)15-10-20-17(26-15)25-13-6-7-14-12(9-13)5-8-16(22)21(14)4/h6-7,9-10H,5,8,11H2,1-4H3/t19-/m1/s1. The van der Waals surface area contributed by atoms with Crippen molar-refractivity contribution in [3.05, 3.63) is 34.8 Å². The van der Waals surface area contributed by atoms with Gasteiger partial charge in [-0.2, -0.15) is 0 Å². The minimum atomic E-state index is -0.562. The first-order valence-electron chi connectivity index (χ1n) is 8.64. The maximum absolute atomic E-state index is 11.8. The molecule has 0 radical (unpaired) electrons. The minimum absolute atomic E-state index is 0.178. The van der Waals surface area contributed by atoms with E-state index in [1.54, 1.807) is 28.0 Å². The van der Waals surface area contributed by atoms with E-state index in [-0.39, 0.29) is 5.91 Å². The van der Waals surface area contributed by atoms with Crippen molar-refractivity contribution < 1.29 is 14.3 Å². The molecule has 138 valence electrons. The van der Waals surface area contributed by atoms with E-state index in [0.29, 0.717) is 13.0 Å². The molecule has 4 rings (SSSR count). The van der Waals surface area contributed by atoms with Gasteiger partial charge in [0.1, 0.15) is 5.60 Å². The highest BCUT2D eigenvalue weighted by atomic mass is 32.2. The van der Waals surface area contributed by atoms with Crippen molar-refractivity contribution in [3.8, 4) is 0 Å². The van der Waals surface area contributed by atoms with Crippen LogP contribution < -0.4 is 4.90 Å². The van der Waals surface area contributed by atoms with Crippen LogP contribution in [0.4, 0.5) is 5.69 Å². The van der Waals surface area contributed by atoms with Crippen LogP contribution in [0.25, 0.3) is 0 Å². The van der Waals surface area contributed by atoms with E-state index in [2.05, 4.69) is 24.0 Å². The van der Waals surface area contributed by atoms with Crippen molar-refractivity contribution in [1.82, 2.24) is 4.98 Å². The Morgan fingerprint density at radius 2 is 2.08 bits per heavy atom. The molecule has 1 fully saturated rings. The maximum atomic E-state index is 11.8. The lowest BCUT2D eigenvalue weighted by atomic mass is 10.0. The van der Waals surface area contributed by atoms with Gasteiger partial charge in [0, 0.05) is 30.2 Å². The Kier molecular flexibility index (Phi) is 4.38. The predicted molar refractivity (Wildman–Crippen MR) is 103 cm³/mol. The number of hydrogen-bond donors (Lipinski definition) is 0. The highest BCUT2D eigenvalue weighted by Gasteiger charge is 2.44. The molecule has 5 nitrogen and oxygen atoms in total. The van der Waals surface area contributed by atoms with Gasteiger partial charge in [0.25, 0.3) is 0 Å². The summed E-state index contributed by atoms with van der Waals surface area (Å²) in [6, 6.07) is 6.25. The topological polar surface area (TPSA) is 51.7 Å². The number of anilines is 1. The van der Waals surface area contributed by atoms with Crippen LogP contribution in [-0.4, -0.2) is 30.3 Å². The van der Waals surface area contributed by atoms with Gasteiger partial charge in [-0.25, -0.2) is 4.98 Å². The summed E-state index contributed by atoms with van der Waals surface area (Å²) >= 11 is 3.29. The van der Waals surface area contributed by atoms with E-state index < -0.39 is 11.4 Å². The number of rotatable bonds is 3. The van der Waals surface area contributed by atoms with Crippen molar-refractivity contribution in [2.45, 2.75) is 54.2 Å². The fourth-order valence-corrected chi connectivity index (χ4v) is 5.47. The van der Waals surface area contributed by atoms with Gasteiger partial charge in [0.05, 0.1) is 11.5 Å². The molecule has 2 aliphatic heterocycles. The lowest BCUT2D eigenvalue weighted by molar-refractivity contribution is -0.158. The summed E-state index contributed by atoms with van der Waals surface area (Å²) in [5.41, 5.74) is 1.78. The molecule has 7 heteroatoms. The van der Waals surface area contributed by atoms with Gasteiger partial charge in [-0.15, -0.1) is 11.3 Å². The zero-order valence-corrected chi connectivity index (χ0v) is 17.0. The Labute approximate surface area is 161 Å². The molecular weight excluding hydrogens is 368 g/mol. The molecule has 2 aromatic rings. The van der Waals surface area contributed by atoms with E-state index in [4.69, 9.17) is 9.47 Å². The molecular formula is C19H22N2O3S2. The van der Waals surface area contributed by atoms with Crippen molar-refractivity contribution >= 4 is 34.7 Å². The number of fused-ring (bicyclic) bond motifs is 1. The number of thiazole rings is 1. The lowest BCUT2D eigenvalue weighted by Gasteiger charge is -2.26. The van der Waals surface area contributed by atoms with Crippen molar-refractivity contribution in [2.75, 3.05) is 18.6 Å². The monoisotopic (exact) mass is 390 g/mol. The average molecular weight is 391 g/mol. The first kappa shape index (κ1) is 18.0. The second-order valence-electron chi connectivity index (χ2n) is 7.36. The van der Waals surface area contributed by atoms with Crippen LogP contribution in [0.15, 0.2) is 33.6 Å². The third-order valence-electron chi connectivity index (χ3n) is 4.77. The van der Waals surface area contributed by atoms with E-state index in [1.165, 1.54) is 5.56 Å². The summed E-state index contributed by atoms with van der Waals surface area (Å²) in [6.07, 6.45) is 3.27. The van der Waals surface area contributed by atoms with Crippen molar-refractivity contribution in [2.24, 2.45) is 0 Å². The summed E-state index contributed by atoms with van der Waals surface area (Å²) < 4.78 is 12.8. The molecule has 1 saturated heterocycles. The number of ether oxygens (including phenoxy) is 2. The van der Waals surface area contributed by atoms with Gasteiger partial charge >= 0.3 is 0 Å². The van der Waals surface area contributed by atoms with Gasteiger partial charge < -0.3 is 14.4 Å². The molecule has 0 bridgehead atoms. The molecule has 1 atom stereocenters. The zero-order valence-electron chi connectivity index (χ0n) is 15.4. The van der Waals surface area contributed by atoms with E-state index in [0.717, 1.165) is 26.2 Å². The highest BCUT2D eigenvalue weighted by Crippen LogP contribution is 2.43. The fourth-order valence-electron chi connectivity index (χ4n) is 3.38. The molecule has 0 unspecified atom stereocenters. The summed E-state index contributed by atoms with van der Waals surface area (Å²) in [5, 5.41) is 0. The van der Waals surface area contributed by atoms with Gasteiger partial charge in [-0.1, -0.05) is 11.8 Å². The Bertz CT molecular complexity index is 864. The summed E-state index contributed by atoms with van der Waals surface area (Å²) in [7, 11) is 1.84. The first-order chi connectivity index (χ1) is 12.3. The summed E-state index contributed by atoms with van der Waals surface area (Å²) in [4.78, 5) is 20.4. The predicted octanol–water partition coefficient (Wildman–Crippen LogP) is 4.20. The number of amides is 1. The number of carbonyl (C=O) groups excluding carboxylic acids is 1. The van der Waals surface area contributed by atoms with Crippen molar-refractivity contribution in [3.63, 3.8) is 0 Å². The zero-order chi connectivity index (χ0) is 18.5. The van der Waals surface area contributed by atoms with Crippen LogP contribution in [0.5, 0.6) is 0 Å². The quantitative estimate of drug-likeness (QED) is 0.786. The van der Waals surface area contributed by atoms with Crippen LogP contribution in [-0.2, 0) is 26.3 Å². The molecule has 1 amide bonds. The van der Waals surface area contributed by atoms with Gasteiger partial charge in [-0.05, 0) is 51.0 Å². The van der Waals surface area contributed by atoms with Gasteiger partial charge in [-0.3, -0.25) is 4.79 Å². The molecule has 0 spiro atoms. The smallest absolute Gasteiger partial charge is 0.227 e. The van der Waals surface area contributed by atoms with E-state index in [1.807, 2.05) is 33.2 Å². The Morgan fingerprint density at radius 3 is 2.81 bits per heavy atom. The molecule has 26 heavy (non-hydrogen) atoms. The van der Waals surface area contributed by atoms with Crippen molar-refractivity contribution in [1.29, 1.82) is 0 Å². The number of benzene rings is 1. The molecule has 0 saturated carbocycles. The third kappa shape index (κ3) is 3.29. The first-order valence-corrected chi connectivity index (χ1v) is 10.3. The molecule has 1 aromatic carbocycles. The molecule has 0 N–H and O–H groups in total. The summed E-state index contributed by atoms with van der Waals surface area (Å²) in [6.45, 7) is 6.45. The number of hydrogen-bond acceptors (Lipinski definition) is 6. The Balaban J connectivity index is 1.53. The second-order valence-corrected chi connectivity index (χ2v) is 9.71. The van der Waals surface area contributed by atoms with Crippen LogP contribution in [0.2, 0.25) is 0 Å².